The molecule has 0 unspecified atom stereocenters. The Morgan fingerprint density at radius 2 is 1.72 bits per heavy atom. The van der Waals surface area contributed by atoms with Gasteiger partial charge in [-0.25, -0.2) is 0 Å². The zero-order chi connectivity index (χ0) is 45.6. The Morgan fingerprint density at radius 3 is 2.41 bits per heavy atom. The maximum atomic E-state index is 16.2. The highest BCUT2D eigenvalue weighted by molar-refractivity contribution is 6.74. The van der Waals surface area contributed by atoms with E-state index in [1.54, 1.807) is 12.2 Å². The Bertz CT molecular complexity index is 2460. The van der Waals surface area contributed by atoms with E-state index >= 15 is 9.59 Å². The minimum absolute atomic E-state index is 0.00658. The van der Waals surface area contributed by atoms with Gasteiger partial charge in [0.05, 0.1) is 18.2 Å². The number of carbonyl (C=O) groups excluding carboxylic acids is 2. The molecule has 12 heteroatoms. The molecule has 1 fully saturated rings. The Morgan fingerprint density at radius 1 is 1.02 bits per heavy atom. The number of ether oxygens (including phenoxy) is 2. The maximum absolute atomic E-state index is 16.2. The summed E-state index contributed by atoms with van der Waals surface area (Å²) in [7, 11) is -2.97. The van der Waals surface area contributed by atoms with Crippen LogP contribution in [0.1, 0.15) is 102 Å². The molecule has 2 heterocycles. The third-order valence-electron chi connectivity index (χ3n) is 14.2. The van der Waals surface area contributed by atoms with E-state index in [0.29, 0.717) is 61.2 Å². The average molecular weight is 905 g/mol. The largest absolute Gasteiger partial charge is 0.507 e. The topological polar surface area (TPSA) is 115 Å². The summed E-state index contributed by atoms with van der Waals surface area (Å²) in [5, 5.41) is 17.3. The summed E-state index contributed by atoms with van der Waals surface area (Å²) < 4.78 is 26.4. The molecular weight excluding hydrogens is 842 g/mol. The highest BCUT2D eigenvalue weighted by Crippen LogP contribution is 2.60. The molecule has 3 aromatic carbocycles. The smallest absolute Gasteiger partial charge is 0.265 e. The van der Waals surface area contributed by atoms with Gasteiger partial charge in [-0.1, -0.05) is 112 Å². The third-order valence-corrected chi connectivity index (χ3v) is 19.1. The van der Waals surface area contributed by atoms with Crippen molar-refractivity contribution in [3.8, 4) is 11.6 Å². The fourth-order valence-electron chi connectivity index (χ4n) is 9.99. The van der Waals surface area contributed by atoms with Crippen molar-refractivity contribution in [2.24, 2.45) is 11.8 Å². The predicted molar refractivity (Wildman–Crippen MR) is 253 cm³/mol. The molecule has 3 aliphatic carbocycles. The normalized spacial score (nSPS) is 22.0. The molecule has 8 rings (SSSR count). The summed E-state index contributed by atoms with van der Waals surface area (Å²) in [4.78, 5) is 36.6. The van der Waals surface area contributed by atoms with Crippen molar-refractivity contribution in [1.82, 2.24) is 15.0 Å². The van der Waals surface area contributed by atoms with Crippen LogP contribution >= 0.6 is 11.6 Å². The van der Waals surface area contributed by atoms with Gasteiger partial charge in [0.15, 0.2) is 19.7 Å². The Labute approximate surface area is 384 Å². The second kappa shape index (κ2) is 18.2. The molecule has 4 atom stereocenters. The van der Waals surface area contributed by atoms with Gasteiger partial charge in [-0.05, 0) is 88.8 Å². The fourth-order valence-corrected chi connectivity index (χ4v) is 11.7. The van der Waals surface area contributed by atoms with Crippen molar-refractivity contribution in [3.63, 3.8) is 0 Å². The Kier molecular flexibility index (Phi) is 13.0. The van der Waals surface area contributed by atoms with Crippen LogP contribution in [0, 0.1) is 11.8 Å². The number of fused-ring (bicyclic) bond motifs is 5. The van der Waals surface area contributed by atoms with Gasteiger partial charge >= 0.3 is 0 Å². The monoisotopic (exact) mass is 903 g/mol. The molecule has 64 heavy (non-hydrogen) atoms. The first-order chi connectivity index (χ1) is 30.6. The van der Waals surface area contributed by atoms with Crippen molar-refractivity contribution in [1.29, 1.82) is 0 Å². The van der Waals surface area contributed by atoms with E-state index in [1.807, 2.05) is 49.5 Å². The van der Waals surface area contributed by atoms with Crippen LogP contribution in [0.5, 0.6) is 11.6 Å². The van der Waals surface area contributed by atoms with Gasteiger partial charge in [0, 0.05) is 49.2 Å². The summed E-state index contributed by atoms with van der Waals surface area (Å²) >= 11 is 7.50. The highest BCUT2D eigenvalue weighted by atomic mass is 35.5. The van der Waals surface area contributed by atoms with Gasteiger partial charge in [-0.15, -0.1) is 13.2 Å². The van der Waals surface area contributed by atoms with Gasteiger partial charge in [0.2, 0.25) is 11.6 Å². The number of benzene rings is 3. The number of Topliss-reactive ketones (excluding diaryl/α,β-unsaturated/α-hetero) is 2. The van der Waals surface area contributed by atoms with Crippen LogP contribution in [0.4, 0.5) is 0 Å². The van der Waals surface area contributed by atoms with Crippen molar-refractivity contribution < 1.29 is 33.1 Å². The van der Waals surface area contributed by atoms with Crippen LogP contribution in [-0.2, 0) is 41.8 Å². The number of unbranched alkanes of at least 4 members (excludes halogenated alkanes) is 1. The zero-order valence-corrected chi connectivity index (χ0v) is 39.9. The molecule has 1 aliphatic heterocycles. The number of aliphatic hydroxyl groups excluding tert-OH is 1. The second-order valence-electron chi connectivity index (χ2n) is 19.4. The summed E-state index contributed by atoms with van der Waals surface area (Å²) in [6, 6.07) is 19.4. The van der Waals surface area contributed by atoms with Gasteiger partial charge in [-0.2, -0.15) is 0 Å². The standard InChI is InChI=1S/C52H62ClN3O7Si/c1-9-12-26-60-40-29-37(31-55-25-22-34-20-16-17-21-35(34)30-55)44(53)38-27-36-28-39-45(56(23-10-2)24-11-3)47-43(50(54-62-47)61-32-33-18-14-13-15-19-33)49(59)52(39,63-64(7,8)51(4,5)6)48(58)41(36)46(57)42(38)40/h10-11,13-21,29,36,39,45,57H,2-3,9,12,22-28,30-32H2,1,4-8H3/t36-,39-,45-,52-/m0/s1. The molecule has 0 spiro atoms. The second-order valence-corrected chi connectivity index (χ2v) is 24.5. The SMILES string of the molecule is C=CCN(CC=C)[C@@H]1c2onc(OCc3ccccc3)c2C(=O)[C@@]2(O[Si](C)(C)C(C)(C)C)C(=O)C3=C(O)c4c(OCCCC)cc(CN5CCc6ccccc6C5)c(Cl)c4C[C@H]3C[C@@H]12. The molecule has 1 N–H and O–H groups in total. The number of ketones is 2. The lowest BCUT2D eigenvalue weighted by atomic mass is 9.57. The molecular formula is C52H62ClN3O7Si. The van der Waals surface area contributed by atoms with Crippen molar-refractivity contribution in [2.45, 2.75) is 109 Å². The number of aliphatic hydroxyl groups is 1. The Hall–Kier alpha value is -4.78. The number of rotatable bonds is 16. The summed E-state index contributed by atoms with van der Waals surface area (Å²) in [5.41, 5.74) is 3.78. The van der Waals surface area contributed by atoms with E-state index in [-0.39, 0.29) is 29.4 Å². The predicted octanol–water partition coefficient (Wildman–Crippen LogP) is 11.0. The number of nitrogens with zero attached hydrogens (tertiary/aromatic N) is 3. The molecule has 0 saturated heterocycles. The minimum atomic E-state index is -2.97. The number of hydrogen-bond acceptors (Lipinski definition) is 10. The summed E-state index contributed by atoms with van der Waals surface area (Å²) in [5.74, 6) is -1.83. The molecule has 10 nitrogen and oxygen atoms in total. The zero-order valence-electron chi connectivity index (χ0n) is 38.2. The van der Waals surface area contributed by atoms with Crippen molar-refractivity contribution >= 4 is 37.2 Å². The molecule has 338 valence electrons. The minimum Gasteiger partial charge on any atom is -0.507 e. The fraction of sp³-hybridized carbons (Fsp3) is 0.442. The van der Waals surface area contributed by atoms with Gasteiger partial charge in [-0.3, -0.25) is 19.4 Å². The molecule has 0 bridgehead atoms. The van der Waals surface area contributed by atoms with E-state index in [2.05, 4.69) is 80.1 Å². The van der Waals surface area contributed by atoms with E-state index in [0.717, 1.165) is 49.0 Å². The molecule has 1 saturated carbocycles. The first-order valence-electron chi connectivity index (χ1n) is 22.8. The van der Waals surface area contributed by atoms with Crippen molar-refractivity contribution in [2.75, 3.05) is 26.2 Å². The van der Waals surface area contributed by atoms with E-state index in [4.69, 9.17) is 30.0 Å². The van der Waals surface area contributed by atoms with Crippen LogP contribution in [0.25, 0.3) is 5.76 Å². The highest BCUT2D eigenvalue weighted by Gasteiger charge is 2.69. The summed E-state index contributed by atoms with van der Waals surface area (Å²) in [6.07, 6.45) is 6.90. The number of hydrogen-bond donors (Lipinski definition) is 1. The molecule has 0 amide bonds. The molecule has 1 aromatic heterocycles. The molecule has 4 aliphatic rings. The molecule has 4 aromatic rings. The number of halogens is 1. The van der Waals surface area contributed by atoms with Crippen LogP contribution in [0.2, 0.25) is 23.2 Å². The lowest BCUT2D eigenvalue weighted by molar-refractivity contribution is -0.141. The van der Waals surface area contributed by atoms with E-state index in [9.17, 15) is 5.11 Å². The number of carbonyl (C=O) groups is 2. The van der Waals surface area contributed by atoms with Crippen molar-refractivity contribution in [3.05, 3.63) is 141 Å². The average Bonchev–Trinajstić information content (AvgIpc) is 3.69. The van der Waals surface area contributed by atoms with E-state index in [1.165, 1.54) is 11.1 Å². The van der Waals surface area contributed by atoms with Gasteiger partial charge in [0.1, 0.15) is 23.7 Å². The van der Waals surface area contributed by atoms with Crippen LogP contribution in [-0.4, -0.2) is 71.8 Å². The van der Waals surface area contributed by atoms with E-state index < -0.39 is 48.4 Å². The van der Waals surface area contributed by atoms with Gasteiger partial charge < -0.3 is 23.5 Å². The first kappa shape index (κ1) is 45.8. The number of aromatic nitrogens is 1. The third kappa shape index (κ3) is 8.12. The van der Waals surface area contributed by atoms with Gasteiger partial charge in [0.25, 0.3) is 5.88 Å². The quantitative estimate of drug-likeness (QED) is 0.0504. The summed E-state index contributed by atoms with van der Waals surface area (Å²) in [6.45, 7) is 24.2. The maximum Gasteiger partial charge on any atom is 0.265 e. The van der Waals surface area contributed by atoms with Crippen LogP contribution < -0.4 is 9.47 Å². The van der Waals surface area contributed by atoms with Crippen LogP contribution in [0.3, 0.4) is 0 Å². The molecule has 0 radical (unpaired) electrons. The first-order valence-corrected chi connectivity index (χ1v) is 26.0. The lowest BCUT2D eigenvalue weighted by Crippen LogP contribution is -2.68. The lowest BCUT2D eigenvalue weighted by Gasteiger charge is -2.55. The Balaban J connectivity index is 1.30. The van der Waals surface area contributed by atoms with Crippen LogP contribution in [0.15, 0.2) is 96.1 Å².